The first-order chi connectivity index (χ1) is 7.74. The average molecular weight is 222 g/mol. The first-order valence-corrected chi connectivity index (χ1v) is 6.67. The van der Waals surface area contributed by atoms with Crippen molar-refractivity contribution in [3.05, 3.63) is 23.8 Å². The summed E-state index contributed by atoms with van der Waals surface area (Å²) in [4.78, 5) is 0. The molecule has 0 N–H and O–H groups in total. The molecule has 0 saturated carbocycles. The molecule has 1 nitrogen and oxygen atoms in total. The van der Waals surface area contributed by atoms with Crippen molar-refractivity contribution in [1.82, 2.24) is 0 Å². The summed E-state index contributed by atoms with van der Waals surface area (Å²) < 4.78 is 5.83. The molecule has 1 aliphatic heterocycles. The van der Waals surface area contributed by atoms with Crippen LogP contribution in [0.25, 0.3) is 0 Å². The Morgan fingerprint density at radius 3 is 2.88 bits per heavy atom. The lowest BCUT2D eigenvalue weighted by atomic mass is 9.92. The van der Waals surface area contributed by atoms with Crippen molar-refractivity contribution in [2.75, 3.05) is 6.61 Å². The van der Waals surface area contributed by atoms with E-state index in [1.807, 2.05) is 0 Å². The number of hydrogen-bond donors (Lipinski definition) is 0. The molecular weight excluding hydrogens is 196 g/mol. The first kappa shape index (κ1) is 13.5. The third kappa shape index (κ3) is 4.98. The summed E-state index contributed by atoms with van der Waals surface area (Å²) in [6.45, 7) is 7.46. The molecule has 0 aromatic carbocycles. The van der Waals surface area contributed by atoms with E-state index in [1.54, 1.807) is 0 Å². The second kappa shape index (κ2) is 7.67. The van der Waals surface area contributed by atoms with E-state index in [-0.39, 0.29) is 0 Å². The Bertz CT molecular complexity index is 236. The highest BCUT2D eigenvalue weighted by Gasteiger charge is 2.21. The minimum Gasteiger partial charge on any atom is -0.374 e. The second-order valence-corrected chi connectivity index (χ2v) is 4.96. The fourth-order valence-electron chi connectivity index (χ4n) is 2.13. The highest BCUT2D eigenvalue weighted by atomic mass is 16.5. The Balaban J connectivity index is 2.46. The van der Waals surface area contributed by atoms with Crippen molar-refractivity contribution in [2.24, 2.45) is 5.92 Å². The zero-order chi connectivity index (χ0) is 11.8. The fourth-order valence-corrected chi connectivity index (χ4v) is 2.13. The average Bonchev–Trinajstić information content (AvgIpc) is 2.26. The van der Waals surface area contributed by atoms with Crippen LogP contribution in [0.5, 0.6) is 0 Å². The molecule has 0 aliphatic carbocycles. The Labute approximate surface area is 101 Å². The standard InChI is InChI=1S/C15H26O/c1-4-5-6-7-9-14-10-8-11-16-15(14)12-13(2)3/h7,9,12,14-15H,4-6,8,10-11H2,1-3H3/b9-7+/t14-,15+/m0/s1. The molecule has 1 fully saturated rings. The van der Waals surface area contributed by atoms with Gasteiger partial charge in [-0.2, -0.15) is 0 Å². The lowest BCUT2D eigenvalue weighted by Gasteiger charge is -2.28. The van der Waals surface area contributed by atoms with Crippen molar-refractivity contribution in [2.45, 2.75) is 59.0 Å². The highest BCUT2D eigenvalue weighted by molar-refractivity contribution is 5.06. The van der Waals surface area contributed by atoms with Gasteiger partial charge in [0.15, 0.2) is 0 Å². The summed E-state index contributed by atoms with van der Waals surface area (Å²) in [7, 11) is 0. The van der Waals surface area contributed by atoms with Gasteiger partial charge in [-0.05, 0) is 33.1 Å². The summed E-state index contributed by atoms with van der Waals surface area (Å²) in [6, 6.07) is 0. The second-order valence-electron chi connectivity index (χ2n) is 4.96. The summed E-state index contributed by atoms with van der Waals surface area (Å²) >= 11 is 0. The summed E-state index contributed by atoms with van der Waals surface area (Å²) in [5.41, 5.74) is 1.36. The van der Waals surface area contributed by atoms with Gasteiger partial charge in [-0.3, -0.25) is 0 Å². The van der Waals surface area contributed by atoms with Crippen molar-refractivity contribution >= 4 is 0 Å². The van der Waals surface area contributed by atoms with Crippen molar-refractivity contribution < 1.29 is 4.74 Å². The number of rotatable bonds is 5. The molecule has 1 rings (SSSR count). The Kier molecular flexibility index (Phi) is 6.47. The summed E-state index contributed by atoms with van der Waals surface area (Å²) in [6.07, 6.45) is 13.6. The van der Waals surface area contributed by atoms with Crippen molar-refractivity contribution in [3.63, 3.8) is 0 Å². The van der Waals surface area contributed by atoms with E-state index in [0.29, 0.717) is 12.0 Å². The highest BCUT2D eigenvalue weighted by Crippen LogP contribution is 2.24. The summed E-state index contributed by atoms with van der Waals surface area (Å²) in [5, 5.41) is 0. The van der Waals surface area contributed by atoms with Crippen LogP contribution in [0.4, 0.5) is 0 Å². The molecule has 0 aromatic rings. The van der Waals surface area contributed by atoms with Gasteiger partial charge in [-0.1, -0.05) is 43.6 Å². The molecule has 0 amide bonds. The van der Waals surface area contributed by atoms with Gasteiger partial charge < -0.3 is 4.74 Å². The maximum atomic E-state index is 5.83. The molecule has 0 spiro atoms. The molecule has 0 bridgehead atoms. The Hall–Kier alpha value is -0.560. The lowest BCUT2D eigenvalue weighted by molar-refractivity contribution is 0.0192. The Morgan fingerprint density at radius 1 is 1.38 bits per heavy atom. The van der Waals surface area contributed by atoms with Crippen LogP contribution in [0.3, 0.4) is 0 Å². The predicted molar refractivity (Wildman–Crippen MR) is 70.6 cm³/mol. The molecule has 0 unspecified atom stereocenters. The Morgan fingerprint density at radius 2 is 2.19 bits per heavy atom. The van der Waals surface area contributed by atoms with Crippen LogP contribution in [0, 0.1) is 5.92 Å². The lowest BCUT2D eigenvalue weighted by Crippen LogP contribution is -2.26. The largest absolute Gasteiger partial charge is 0.374 e. The van der Waals surface area contributed by atoms with Crippen LogP contribution in [0.1, 0.15) is 52.9 Å². The van der Waals surface area contributed by atoms with E-state index in [4.69, 9.17) is 4.74 Å². The van der Waals surface area contributed by atoms with Gasteiger partial charge >= 0.3 is 0 Å². The van der Waals surface area contributed by atoms with Crippen LogP contribution in [0.2, 0.25) is 0 Å². The molecule has 0 aromatic heterocycles. The van der Waals surface area contributed by atoms with Gasteiger partial charge in [0.1, 0.15) is 0 Å². The number of hydrogen-bond acceptors (Lipinski definition) is 1. The van der Waals surface area contributed by atoms with Crippen LogP contribution < -0.4 is 0 Å². The van der Waals surface area contributed by atoms with E-state index in [1.165, 1.54) is 37.7 Å². The minimum absolute atomic E-state index is 0.316. The molecule has 92 valence electrons. The maximum Gasteiger partial charge on any atom is 0.0820 e. The monoisotopic (exact) mass is 222 g/mol. The van der Waals surface area contributed by atoms with Crippen LogP contribution in [-0.2, 0) is 4.74 Å². The van der Waals surface area contributed by atoms with E-state index >= 15 is 0 Å². The predicted octanol–water partition coefficient (Wildman–Crippen LogP) is 4.49. The molecule has 16 heavy (non-hydrogen) atoms. The zero-order valence-corrected chi connectivity index (χ0v) is 11.0. The van der Waals surface area contributed by atoms with Gasteiger partial charge in [0.2, 0.25) is 0 Å². The van der Waals surface area contributed by atoms with E-state index in [2.05, 4.69) is 39.0 Å². The normalized spacial score (nSPS) is 25.9. The molecule has 1 saturated heterocycles. The van der Waals surface area contributed by atoms with Gasteiger partial charge in [-0.25, -0.2) is 0 Å². The fraction of sp³-hybridized carbons (Fsp3) is 0.733. The maximum absolute atomic E-state index is 5.83. The molecule has 1 heteroatoms. The topological polar surface area (TPSA) is 9.23 Å². The van der Waals surface area contributed by atoms with Gasteiger partial charge in [-0.15, -0.1) is 0 Å². The quantitative estimate of drug-likeness (QED) is 0.492. The van der Waals surface area contributed by atoms with E-state index in [0.717, 1.165) is 6.61 Å². The molecule has 0 radical (unpaired) electrons. The SMILES string of the molecule is CCCC/C=C/[C@H]1CCCO[C@@H]1C=C(C)C. The molecule has 1 aliphatic rings. The van der Waals surface area contributed by atoms with Gasteiger partial charge in [0.05, 0.1) is 6.10 Å². The van der Waals surface area contributed by atoms with Crippen LogP contribution in [-0.4, -0.2) is 12.7 Å². The molecular formula is C15H26O. The van der Waals surface area contributed by atoms with E-state index in [9.17, 15) is 0 Å². The van der Waals surface area contributed by atoms with Crippen LogP contribution in [0.15, 0.2) is 23.8 Å². The smallest absolute Gasteiger partial charge is 0.0820 e. The van der Waals surface area contributed by atoms with Crippen LogP contribution >= 0.6 is 0 Å². The van der Waals surface area contributed by atoms with E-state index < -0.39 is 0 Å². The molecule has 1 heterocycles. The number of ether oxygens (including phenoxy) is 1. The summed E-state index contributed by atoms with van der Waals surface area (Å²) in [5.74, 6) is 0.598. The molecule has 2 atom stereocenters. The van der Waals surface area contributed by atoms with Gasteiger partial charge in [0, 0.05) is 12.5 Å². The van der Waals surface area contributed by atoms with Crippen molar-refractivity contribution in [3.8, 4) is 0 Å². The first-order valence-electron chi connectivity index (χ1n) is 6.67. The number of unbranched alkanes of at least 4 members (excludes halogenated alkanes) is 2. The third-order valence-electron chi connectivity index (χ3n) is 3.02. The third-order valence-corrected chi connectivity index (χ3v) is 3.02. The number of allylic oxidation sites excluding steroid dienone is 2. The minimum atomic E-state index is 0.316. The zero-order valence-electron chi connectivity index (χ0n) is 11.0. The van der Waals surface area contributed by atoms with Gasteiger partial charge in [0.25, 0.3) is 0 Å². The van der Waals surface area contributed by atoms with Crippen molar-refractivity contribution in [1.29, 1.82) is 0 Å².